The second-order valence-electron chi connectivity index (χ2n) is 6.82. The Balaban J connectivity index is 0.00000364. The molecule has 0 saturated carbocycles. The van der Waals surface area contributed by atoms with Gasteiger partial charge in [-0.05, 0) is 43.9 Å². The smallest absolute Gasteiger partial charge is 0.310 e. The second kappa shape index (κ2) is 12.0. The molecular weight excluding hydrogens is 455 g/mol. The maximum atomic E-state index is 12.0. The van der Waals surface area contributed by atoms with Gasteiger partial charge < -0.3 is 19.9 Å². The summed E-state index contributed by atoms with van der Waals surface area (Å²) in [6, 6.07) is 8.60. The number of carbonyl (C=O) groups excluding carboxylic acids is 1. The molecule has 152 valence electrons. The molecule has 1 aromatic carbocycles. The molecule has 1 aliphatic rings. The molecule has 1 atom stereocenters. The largest absolute Gasteiger partial charge is 0.466 e. The van der Waals surface area contributed by atoms with Crippen LogP contribution in [0, 0.1) is 5.92 Å². The standard InChI is InChI=1S/C20H32N4O2.HI/c1-5-26-19(25)17-7-6-14-24(15-17)20(21-2)22-13-12-16-8-10-18(11-9-16)23(3)4;/h8-11,17H,5-7,12-15H2,1-4H3,(H,21,22);1H. The maximum absolute atomic E-state index is 12.0. The minimum absolute atomic E-state index is 0. The first-order valence-corrected chi connectivity index (χ1v) is 9.43. The van der Waals surface area contributed by atoms with E-state index in [2.05, 4.69) is 44.4 Å². The summed E-state index contributed by atoms with van der Waals surface area (Å²) in [7, 11) is 5.88. The molecule has 7 heteroatoms. The Kier molecular flexibility index (Phi) is 10.5. The van der Waals surface area contributed by atoms with Crippen molar-refractivity contribution < 1.29 is 9.53 Å². The molecule has 27 heavy (non-hydrogen) atoms. The van der Waals surface area contributed by atoms with Crippen LogP contribution in [0.1, 0.15) is 25.3 Å². The van der Waals surface area contributed by atoms with Gasteiger partial charge in [0, 0.05) is 46.5 Å². The molecule has 0 aliphatic carbocycles. The van der Waals surface area contributed by atoms with Gasteiger partial charge in [0.05, 0.1) is 12.5 Å². The highest BCUT2D eigenvalue weighted by atomic mass is 127. The van der Waals surface area contributed by atoms with Gasteiger partial charge in [0.25, 0.3) is 0 Å². The van der Waals surface area contributed by atoms with Crippen molar-refractivity contribution in [2.24, 2.45) is 10.9 Å². The number of esters is 1. The number of halogens is 1. The number of hydrogen-bond acceptors (Lipinski definition) is 4. The summed E-state index contributed by atoms with van der Waals surface area (Å²) in [5, 5.41) is 3.43. The Morgan fingerprint density at radius 3 is 2.63 bits per heavy atom. The number of rotatable bonds is 6. The molecule has 1 aromatic rings. The molecule has 2 rings (SSSR count). The molecule has 0 radical (unpaired) electrons. The van der Waals surface area contributed by atoms with Gasteiger partial charge in [0.15, 0.2) is 5.96 Å². The number of hydrogen-bond donors (Lipinski definition) is 1. The van der Waals surface area contributed by atoms with E-state index in [0.29, 0.717) is 13.2 Å². The van der Waals surface area contributed by atoms with E-state index >= 15 is 0 Å². The predicted molar refractivity (Wildman–Crippen MR) is 122 cm³/mol. The summed E-state index contributed by atoms with van der Waals surface area (Å²) in [6.45, 7) is 4.71. The molecular formula is C20H33IN4O2. The number of guanidine groups is 1. The summed E-state index contributed by atoms with van der Waals surface area (Å²) in [6.07, 6.45) is 2.81. The number of aliphatic imine (C=N–C) groups is 1. The van der Waals surface area contributed by atoms with Crippen molar-refractivity contribution in [3.8, 4) is 0 Å². The fraction of sp³-hybridized carbons (Fsp3) is 0.600. The molecule has 1 aliphatic heterocycles. The lowest BCUT2D eigenvalue weighted by molar-refractivity contribution is -0.149. The topological polar surface area (TPSA) is 57.2 Å². The number of benzene rings is 1. The van der Waals surface area contributed by atoms with Gasteiger partial charge in [-0.25, -0.2) is 0 Å². The highest BCUT2D eigenvalue weighted by Gasteiger charge is 2.28. The van der Waals surface area contributed by atoms with Crippen LogP contribution in [0.3, 0.4) is 0 Å². The minimum atomic E-state index is -0.0892. The monoisotopic (exact) mass is 488 g/mol. The normalized spacial score (nSPS) is 17.1. The average Bonchev–Trinajstić information content (AvgIpc) is 2.66. The fourth-order valence-corrected chi connectivity index (χ4v) is 3.23. The first-order chi connectivity index (χ1) is 12.5. The van der Waals surface area contributed by atoms with Gasteiger partial charge >= 0.3 is 5.97 Å². The van der Waals surface area contributed by atoms with E-state index in [0.717, 1.165) is 38.3 Å². The summed E-state index contributed by atoms with van der Waals surface area (Å²) in [4.78, 5) is 20.7. The van der Waals surface area contributed by atoms with Gasteiger partial charge in [-0.15, -0.1) is 24.0 Å². The zero-order chi connectivity index (χ0) is 18.9. The molecule has 0 amide bonds. The van der Waals surface area contributed by atoms with Crippen molar-refractivity contribution in [1.29, 1.82) is 0 Å². The molecule has 1 unspecified atom stereocenters. The maximum Gasteiger partial charge on any atom is 0.310 e. The lowest BCUT2D eigenvalue weighted by Crippen LogP contribution is -2.48. The van der Waals surface area contributed by atoms with Crippen LogP contribution in [-0.2, 0) is 16.0 Å². The summed E-state index contributed by atoms with van der Waals surface area (Å²) >= 11 is 0. The Bertz CT molecular complexity index is 605. The van der Waals surface area contributed by atoms with Gasteiger partial charge in [-0.3, -0.25) is 9.79 Å². The number of piperidine rings is 1. The number of ether oxygens (including phenoxy) is 1. The van der Waals surface area contributed by atoms with Crippen LogP contribution in [0.4, 0.5) is 5.69 Å². The highest BCUT2D eigenvalue weighted by Crippen LogP contribution is 2.18. The Hall–Kier alpha value is -1.51. The van der Waals surface area contributed by atoms with E-state index in [-0.39, 0.29) is 35.9 Å². The van der Waals surface area contributed by atoms with Crippen LogP contribution in [0.5, 0.6) is 0 Å². The number of carbonyl (C=O) groups is 1. The quantitative estimate of drug-likeness (QED) is 0.289. The van der Waals surface area contributed by atoms with Gasteiger partial charge in [-0.2, -0.15) is 0 Å². The molecule has 1 heterocycles. The van der Waals surface area contributed by atoms with Crippen LogP contribution in [0.25, 0.3) is 0 Å². The van der Waals surface area contributed by atoms with Crippen molar-refractivity contribution in [2.45, 2.75) is 26.2 Å². The third-order valence-electron chi connectivity index (χ3n) is 4.70. The first-order valence-electron chi connectivity index (χ1n) is 9.43. The highest BCUT2D eigenvalue weighted by molar-refractivity contribution is 14.0. The van der Waals surface area contributed by atoms with Crippen LogP contribution >= 0.6 is 24.0 Å². The van der Waals surface area contributed by atoms with Crippen molar-refractivity contribution >= 4 is 41.6 Å². The van der Waals surface area contributed by atoms with E-state index in [1.165, 1.54) is 11.3 Å². The minimum Gasteiger partial charge on any atom is -0.466 e. The lowest BCUT2D eigenvalue weighted by Gasteiger charge is -2.34. The van der Waals surface area contributed by atoms with Crippen molar-refractivity contribution in [3.05, 3.63) is 29.8 Å². The third-order valence-corrected chi connectivity index (χ3v) is 4.70. The van der Waals surface area contributed by atoms with E-state index in [1.54, 1.807) is 7.05 Å². The fourth-order valence-electron chi connectivity index (χ4n) is 3.23. The molecule has 1 saturated heterocycles. The van der Waals surface area contributed by atoms with Gasteiger partial charge in [-0.1, -0.05) is 12.1 Å². The molecule has 6 nitrogen and oxygen atoms in total. The van der Waals surface area contributed by atoms with Crippen molar-refractivity contribution in [2.75, 3.05) is 52.3 Å². The Labute approximate surface area is 180 Å². The number of nitrogens with one attached hydrogen (secondary N) is 1. The average molecular weight is 488 g/mol. The Morgan fingerprint density at radius 2 is 2.04 bits per heavy atom. The van der Waals surface area contributed by atoms with E-state index in [4.69, 9.17) is 4.74 Å². The van der Waals surface area contributed by atoms with E-state index in [9.17, 15) is 4.79 Å². The first kappa shape index (κ1) is 23.5. The molecule has 0 spiro atoms. The van der Waals surface area contributed by atoms with Gasteiger partial charge in [0.2, 0.25) is 0 Å². The van der Waals surface area contributed by atoms with Crippen LogP contribution < -0.4 is 10.2 Å². The molecule has 0 aromatic heterocycles. The Morgan fingerprint density at radius 1 is 1.33 bits per heavy atom. The van der Waals surface area contributed by atoms with Crippen molar-refractivity contribution in [1.82, 2.24) is 10.2 Å². The zero-order valence-corrected chi connectivity index (χ0v) is 19.2. The third kappa shape index (κ3) is 7.20. The van der Waals surface area contributed by atoms with Crippen LogP contribution in [-0.4, -0.2) is 64.2 Å². The van der Waals surface area contributed by atoms with E-state index in [1.807, 2.05) is 21.0 Å². The SMILES string of the molecule is CCOC(=O)C1CCCN(C(=NC)NCCc2ccc(N(C)C)cc2)C1.I. The molecule has 1 fully saturated rings. The second-order valence-corrected chi connectivity index (χ2v) is 6.82. The molecule has 0 bridgehead atoms. The van der Waals surface area contributed by atoms with Gasteiger partial charge in [0.1, 0.15) is 0 Å². The van der Waals surface area contributed by atoms with Crippen LogP contribution in [0.15, 0.2) is 29.3 Å². The van der Waals surface area contributed by atoms with Crippen molar-refractivity contribution in [3.63, 3.8) is 0 Å². The number of anilines is 1. The van der Waals surface area contributed by atoms with E-state index < -0.39 is 0 Å². The molecule has 1 N–H and O–H groups in total. The summed E-state index contributed by atoms with van der Waals surface area (Å²) < 4.78 is 5.18. The van der Waals surface area contributed by atoms with Crippen LogP contribution in [0.2, 0.25) is 0 Å². The summed E-state index contributed by atoms with van der Waals surface area (Å²) in [5.74, 6) is 0.721. The zero-order valence-electron chi connectivity index (χ0n) is 16.9. The summed E-state index contributed by atoms with van der Waals surface area (Å²) in [5.41, 5.74) is 2.50. The number of likely N-dealkylation sites (tertiary alicyclic amines) is 1. The predicted octanol–water partition coefficient (Wildman–Crippen LogP) is 2.76. The lowest BCUT2D eigenvalue weighted by atomic mass is 9.98. The number of nitrogens with zero attached hydrogens (tertiary/aromatic N) is 3.